The van der Waals surface area contributed by atoms with Crippen molar-refractivity contribution in [3.05, 3.63) is 0 Å². The number of rotatable bonds is 5. The molecule has 0 aromatic heterocycles. The van der Waals surface area contributed by atoms with E-state index in [0.29, 0.717) is 6.04 Å². The van der Waals surface area contributed by atoms with Gasteiger partial charge < -0.3 is 4.79 Å². The molecule has 0 rings (SSSR count). The Morgan fingerprint density at radius 3 is 2.18 bits per heavy atom. The number of nitrogens with zero attached hydrogens (tertiary/aromatic N) is 1. The molecule has 0 amide bonds. The molecule has 0 aromatic carbocycles. The van der Waals surface area contributed by atoms with Crippen molar-refractivity contribution in [2.24, 2.45) is 0 Å². The summed E-state index contributed by atoms with van der Waals surface area (Å²) in [5.41, 5.74) is 0. The fourth-order valence-electron chi connectivity index (χ4n) is 1.31. The van der Waals surface area contributed by atoms with Crippen LogP contribution in [-0.4, -0.2) is 29.8 Å². The monoisotopic (exact) mass is 157 g/mol. The summed E-state index contributed by atoms with van der Waals surface area (Å²) in [6.07, 6.45) is 2.11. The predicted octanol–water partition coefficient (Wildman–Crippen LogP) is 1.69. The standard InChI is InChI=1S/C9H19NO/c1-5-8(3)10(6-2)9(4)7-11/h7-9H,5-6H2,1-4H3. The van der Waals surface area contributed by atoms with Crippen molar-refractivity contribution < 1.29 is 4.79 Å². The van der Waals surface area contributed by atoms with Crippen LogP contribution in [-0.2, 0) is 4.79 Å². The lowest BCUT2D eigenvalue weighted by Crippen LogP contribution is -2.40. The minimum Gasteiger partial charge on any atom is -0.302 e. The van der Waals surface area contributed by atoms with E-state index >= 15 is 0 Å². The number of hydrogen-bond acceptors (Lipinski definition) is 2. The normalized spacial score (nSPS) is 16.5. The third-order valence-corrected chi connectivity index (χ3v) is 2.24. The van der Waals surface area contributed by atoms with Gasteiger partial charge in [-0.3, -0.25) is 4.90 Å². The molecule has 0 N–H and O–H groups in total. The van der Waals surface area contributed by atoms with Gasteiger partial charge in [0.2, 0.25) is 0 Å². The molecule has 0 aliphatic heterocycles. The SMILES string of the molecule is CCC(C)N(CC)C(C)C=O. The van der Waals surface area contributed by atoms with Crippen molar-refractivity contribution >= 4 is 6.29 Å². The maximum atomic E-state index is 10.5. The van der Waals surface area contributed by atoms with Crippen LogP contribution in [0.15, 0.2) is 0 Å². The van der Waals surface area contributed by atoms with Crippen molar-refractivity contribution in [3.8, 4) is 0 Å². The Morgan fingerprint density at radius 1 is 1.36 bits per heavy atom. The Kier molecular flexibility index (Phi) is 5.12. The number of carbonyl (C=O) groups is 1. The van der Waals surface area contributed by atoms with Crippen LogP contribution < -0.4 is 0 Å². The van der Waals surface area contributed by atoms with Crippen LogP contribution in [0.25, 0.3) is 0 Å². The zero-order chi connectivity index (χ0) is 8.85. The van der Waals surface area contributed by atoms with Gasteiger partial charge in [0, 0.05) is 6.04 Å². The molecule has 0 aliphatic carbocycles. The number of carbonyl (C=O) groups excluding carboxylic acids is 1. The number of hydrogen-bond donors (Lipinski definition) is 0. The zero-order valence-electron chi connectivity index (χ0n) is 8.00. The van der Waals surface area contributed by atoms with Crippen LogP contribution in [0.4, 0.5) is 0 Å². The van der Waals surface area contributed by atoms with E-state index in [1.165, 1.54) is 0 Å². The van der Waals surface area contributed by atoms with E-state index in [2.05, 4.69) is 25.7 Å². The van der Waals surface area contributed by atoms with Crippen LogP contribution in [0.3, 0.4) is 0 Å². The smallest absolute Gasteiger partial charge is 0.136 e. The van der Waals surface area contributed by atoms with E-state index in [1.807, 2.05) is 6.92 Å². The van der Waals surface area contributed by atoms with E-state index < -0.39 is 0 Å². The molecular formula is C9H19NO. The summed E-state index contributed by atoms with van der Waals surface area (Å²) in [5.74, 6) is 0. The van der Waals surface area contributed by atoms with Gasteiger partial charge >= 0.3 is 0 Å². The summed E-state index contributed by atoms with van der Waals surface area (Å²) >= 11 is 0. The third kappa shape index (κ3) is 3.02. The van der Waals surface area contributed by atoms with Crippen molar-refractivity contribution in [2.75, 3.05) is 6.54 Å². The summed E-state index contributed by atoms with van der Waals surface area (Å²) in [6, 6.07) is 0.579. The molecule has 0 aliphatic rings. The van der Waals surface area contributed by atoms with Crippen molar-refractivity contribution in [2.45, 2.75) is 46.2 Å². The lowest BCUT2D eigenvalue weighted by Gasteiger charge is -2.29. The minimum atomic E-state index is 0.0648. The van der Waals surface area contributed by atoms with E-state index in [9.17, 15) is 4.79 Å². The van der Waals surface area contributed by atoms with Crippen molar-refractivity contribution in [1.29, 1.82) is 0 Å². The Morgan fingerprint density at radius 2 is 1.91 bits per heavy atom. The van der Waals surface area contributed by atoms with Gasteiger partial charge in [-0.15, -0.1) is 0 Å². The fourth-order valence-corrected chi connectivity index (χ4v) is 1.31. The van der Waals surface area contributed by atoms with Gasteiger partial charge in [-0.1, -0.05) is 13.8 Å². The molecule has 11 heavy (non-hydrogen) atoms. The molecule has 2 unspecified atom stereocenters. The number of aldehydes is 1. The van der Waals surface area contributed by atoms with Crippen molar-refractivity contribution in [1.82, 2.24) is 4.90 Å². The Balaban J connectivity index is 4.02. The van der Waals surface area contributed by atoms with Gasteiger partial charge in [-0.25, -0.2) is 0 Å². The molecule has 0 heterocycles. The second-order valence-corrected chi connectivity index (χ2v) is 2.96. The van der Waals surface area contributed by atoms with Crippen molar-refractivity contribution in [3.63, 3.8) is 0 Å². The lowest BCUT2D eigenvalue weighted by atomic mass is 10.2. The molecule has 0 radical (unpaired) electrons. The highest BCUT2D eigenvalue weighted by Gasteiger charge is 2.15. The average molecular weight is 157 g/mol. The summed E-state index contributed by atoms with van der Waals surface area (Å²) in [4.78, 5) is 12.7. The molecule has 0 bridgehead atoms. The minimum absolute atomic E-state index is 0.0648. The van der Waals surface area contributed by atoms with Gasteiger partial charge in [0.15, 0.2) is 0 Å². The largest absolute Gasteiger partial charge is 0.302 e. The maximum Gasteiger partial charge on any atom is 0.136 e. The second kappa shape index (κ2) is 5.30. The molecule has 66 valence electrons. The molecule has 2 heteroatoms. The summed E-state index contributed by atoms with van der Waals surface area (Å²) in [7, 11) is 0. The first-order valence-corrected chi connectivity index (χ1v) is 4.38. The Hall–Kier alpha value is -0.370. The van der Waals surface area contributed by atoms with Crippen LogP contribution in [0, 0.1) is 0 Å². The molecular weight excluding hydrogens is 138 g/mol. The summed E-state index contributed by atoms with van der Waals surface area (Å²) < 4.78 is 0. The highest BCUT2D eigenvalue weighted by molar-refractivity contribution is 5.56. The first-order valence-electron chi connectivity index (χ1n) is 4.38. The van der Waals surface area contributed by atoms with Gasteiger partial charge in [0.25, 0.3) is 0 Å². The van der Waals surface area contributed by atoms with Crippen LogP contribution >= 0.6 is 0 Å². The molecule has 2 nitrogen and oxygen atoms in total. The second-order valence-electron chi connectivity index (χ2n) is 2.96. The molecule has 0 spiro atoms. The van der Waals surface area contributed by atoms with E-state index in [-0.39, 0.29) is 6.04 Å². The third-order valence-electron chi connectivity index (χ3n) is 2.24. The van der Waals surface area contributed by atoms with Gasteiger partial charge in [-0.2, -0.15) is 0 Å². The topological polar surface area (TPSA) is 20.3 Å². The molecule has 2 atom stereocenters. The highest BCUT2D eigenvalue weighted by atomic mass is 16.1. The Labute approximate surface area is 69.6 Å². The molecule has 0 saturated heterocycles. The summed E-state index contributed by atoms with van der Waals surface area (Å²) in [6.45, 7) is 9.29. The van der Waals surface area contributed by atoms with Gasteiger partial charge in [0.05, 0.1) is 6.04 Å². The van der Waals surface area contributed by atoms with Crippen LogP contribution in [0.2, 0.25) is 0 Å². The molecule has 0 aromatic rings. The maximum absolute atomic E-state index is 10.5. The van der Waals surface area contributed by atoms with Crippen LogP contribution in [0.1, 0.15) is 34.1 Å². The van der Waals surface area contributed by atoms with E-state index in [0.717, 1.165) is 19.3 Å². The Bertz CT molecular complexity index is 114. The first-order chi connectivity index (χ1) is 5.17. The summed E-state index contributed by atoms with van der Waals surface area (Å²) in [5, 5.41) is 0. The zero-order valence-corrected chi connectivity index (χ0v) is 8.00. The first kappa shape index (κ1) is 10.6. The van der Waals surface area contributed by atoms with E-state index in [1.54, 1.807) is 0 Å². The van der Waals surface area contributed by atoms with E-state index in [4.69, 9.17) is 0 Å². The van der Waals surface area contributed by atoms with Gasteiger partial charge in [-0.05, 0) is 26.8 Å². The highest BCUT2D eigenvalue weighted by Crippen LogP contribution is 2.06. The predicted molar refractivity (Wildman–Crippen MR) is 47.7 cm³/mol. The molecule has 0 saturated carbocycles. The number of likely N-dealkylation sites (N-methyl/N-ethyl adjacent to an activating group) is 1. The van der Waals surface area contributed by atoms with Crippen LogP contribution in [0.5, 0.6) is 0 Å². The van der Waals surface area contributed by atoms with Gasteiger partial charge in [0.1, 0.15) is 6.29 Å². The average Bonchev–Trinajstić information content (AvgIpc) is 2.05. The quantitative estimate of drug-likeness (QED) is 0.566. The molecule has 0 fully saturated rings. The lowest BCUT2D eigenvalue weighted by molar-refractivity contribution is -0.112. The fraction of sp³-hybridized carbons (Fsp3) is 0.889.